The van der Waals surface area contributed by atoms with E-state index < -0.39 is 0 Å². The number of benzene rings is 3. The van der Waals surface area contributed by atoms with Crippen LogP contribution in [-0.4, -0.2) is 11.1 Å². The Morgan fingerprint density at radius 1 is 1.12 bits per heavy atom. The molecule has 10 heteroatoms. The fraction of sp³-hybridized carbons (Fsp3) is 0.0417. The number of hydrogen-bond acceptors (Lipinski definition) is 5. The zero-order chi connectivity index (χ0) is 24.2. The molecular weight excluding hydrogens is 581 g/mol. The highest BCUT2D eigenvalue weighted by molar-refractivity contribution is 9.10. The van der Waals surface area contributed by atoms with Crippen LogP contribution >= 0.6 is 62.5 Å². The highest BCUT2D eigenvalue weighted by Crippen LogP contribution is 2.38. The highest BCUT2D eigenvalue weighted by atomic mass is 79.9. The molecule has 1 aliphatic rings. The lowest BCUT2D eigenvalue weighted by Gasteiger charge is -2.12. The van der Waals surface area contributed by atoms with Crippen LogP contribution in [0.1, 0.15) is 16.7 Å². The number of halogens is 4. The van der Waals surface area contributed by atoms with Gasteiger partial charge in [-0.1, -0.05) is 59.1 Å². The number of carbonyl (C=O) groups is 1. The van der Waals surface area contributed by atoms with Crippen molar-refractivity contribution in [1.82, 2.24) is 5.32 Å². The molecule has 1 N–H and O–H groups in total. The van der Waals surface area contributed by atoms with Crippen molar-refractivity contribution in [2.45, 2.75) is 6.61 Å². The van der Waals surface area contributed by atoms with Crippen LogP contribution in [-0.2, 0) is 11.4 Å². The lowest BCUT2D eigenvalue weighted by Crippen LogP contribution is -2.19. The van der Waals surface area contributed by atoms with Crippen molar-refractivity contribution in [3.05, 3.63) is 95.7 Å². The summed E-state index contributed by atoms with van der Waals surface area (Å²) in [7, 11) is 0. The summed E-state index contributed by atoms with van der Waals surface area (Å²) in [5.74, 6) is 0.153. The molecule has 0 radical (unpaired) electrons. The van der Waals surface area contributed by atoms with Gasteiger partial charge < -0.3 is 10.1 Å². The van der Waals surface area contributed by atoms with Crippen molar-refractivity contribution >= 4 is 85.3 Å². The third-order valence-corrected chi connectivity index (χ3v) is 7.22. The summed E-state index contributed by atoms with van der Waals surface area (Å²) in [5.41, 5.74) is 2.45. The molecule has 0 saturated carbocycles. The molecule has 0 unspecified atom stereocenters. The monoisotopic (exact) mass is 591 g/mol. The fourth-order valence-corrected chi connectivity index (χ4v) is 5.19. The third kappa shape index (κ3) is 5.60. The Hall–Kier alpha value is -2.47. The van der Waals surface area contributed by atoms with Gasteiger partial charge in [0.15, 0.2) is 10.9 Å². The summed E-state index contributed by atoms with van der Waals surface area (Å²) in [6, 6.07) is 17.9. The average Bonchev–Trinajstić information content (AvgIpc) is 3.15. The number of hydrogen-bond donors (Lipinski definition) is 1. The minimum absolute atomic E-state index is 0.187. The lowest BCUT2D eigenvalue weighted by molar-refractivity contribution is -0.115. The van der Waals surface area contributed by atoms with Crippen molar-refractivity contribution in [2.75, 3.05) is 0 Å². The first-order chi connectivity index (χ1) is 16.4. The standard InChI is InChI=1S/C24H13BrCl3N3O2S/c25-16-8-13(9-18(27)22(16)33-12-15-5-2-1-4-14(15)11-29)10-20-23(32)31-24(34-20)30-19-7-3-6-17(26)21(19)28/h1-10H,12H2,(H,30,31,32)/b20-10-. The SMILES string of the molecule is N#Cc1ccccc1COc1c(Cl)cc(/C=C2\SC(=Nc3cccc(Cl)c3Cl)NC2=O)cc1Br. The summed E-state index contributed by atoms with van der Waals surface area (Å²) in [5, 5.41) is 13.4. The molecule has 3 aromatic rings. The number of thioether (sulfide) groups is 1. The Morgan fingerprint density at radius 3 is 2.68 bits per heavy atom. The van der Waals surface area contributed by atoms with E-state index in [-0.39, 0.29) is 12.5 Å². The molecule has 0 atom stereocenters. The molecule has 1 aliphatic heterocycles. The van der Waals surface area contributed by atoms with Gasteiger partial charge in [-0.3, -0.25) is 4.79 Å². The molecule has 4 rings (SSSR count). The van der Waals surface area contributed by atoms with Crippen LogP contribution in [0.2, 0.25) is 15.1 Å². The smallest absolute Gasteiger partial charge is 0.264 e. The van der Waals surface area contributed by atoms with Crippen molar-refractivity contribution in [3.8, 4) is 11.8 Å². The number of rotatable bonds is 5. The Balaban J connectivity index is 1.53. The second-order valence-electron chi connectivity index (χ2n) is 6.93. The Bertz CT molecular complexity index is 1380. The first-order valence-electron chi connectivity index (χ1n) is 9.69. The molecule has 5 nitrogen and oxygen atoms in total. The number of aliphatic imine (C=N–C) groups is 1. The number of carbonyl (C=O) groups excluding carboxylic acids is 1. The van der Waals surface area contributed by atoms with E-state index in [4.69, 9.17) is 39.5 Å². The van der Waals surface area contributed by atoms with Crippen LogP contribution in [0, 0.1) is 11.3 Å². The minimum atomic E-state index is -0.289. The van der Waals surface area contributed by atoms with Crippen molar-refractivity contribution in [3.63, 3.8) is 0 Å². The largest absolute Gasteiger partial charge is 0.486 e. The number of nitrogens with one attached hydrogen (secondary N) is 1. The third-order valence-electron chi connectivity index (χ3n) is 4.63. The Kier molecular flexibility index (Phi) is 7.87. The van der Waals surface area contributed by atoms with Crippen molar-refractivity contribution in [1.29, 1.82) is 5.26 Å². The van der Waals surface area contributed by atoms with Gasteiger partial charge in [0.1, 0.15) is 6.61 Å². The molecule has 1 fully saturated rings. The van der Waals surface area contributed by atoms with Gasteiger partial charge in [0, 0.05) is 5.56 Å². The molecular formula is C24H13BrCl3N3O2S. The van der Waals surface area contributed by atoms with Gasteiger partial charge in [0.25, 0.3) is 5.91 Å². The first-order valence-corrected chi connectivity index (χ1v) is 12.4. The topological polar surface area (TPSA) is 74.5 Å². The predicted octanol–water partition coefficient (Wildman–Crippen LogP) is 7.75. The molecule has 1 amide bonds. The van der Waals surface area contributed by atoms with Gasteiger partial charge in [-0.15, -0.1) is 0 Å². The molecule has 0 aromatic heterocycles. The number of amides is 1. The number of nitriles is 1. The molecule has 3 aromatic carbocycles. The predicted molar refractivity (Wildman–Crippen MR) is 142 cm³/mol. The Labute approximate surface area is 223 Å². The summed E-state index contributed by atoms with van der Waals surface area (Å²) < 4.78 is 6.48. The highest BCUT2D eigenvalue weighted by Gasteiger charge is 2.24. The maximum atomic E-state index is 12.5. The number of amidine groups is 1. The molecule has 0 bridgehead atoms. The normalized spacial score (nSPS) is 15.4. The van der Waals surface area contributed by atoms with E-state index in [0.717, 1.165) is 5.56 Å². The van der Waals surface area contributed by atoms with Gasteiger partial charge >= 0.3 is 0 Å². The summed E-state index contributed by atoms with van der Waals surface area (Å²) >= 11 is 23.3. The Morgan fingerprint density at radius 2 is 1.91 bits per heavy atom. The molecule has 0 aliphatic carbocycles. The van der Waals surface area contributed by atoms with Gasteiger partial charge in [-0.2, -0.15) is 5.26 Å². The second-order valence-corrected chi connectivity index (χ2v) is 10.0. The van der Waals surface area contributed by atoms with Crippen molar-refractivity contribution in [2.24, 2.45) is 4.99 Å². The molecule has 170 valence electrons. The second kappa shape index (κ2) is 10.9. The van der Waals surface area contributed by atoms with Crippen LogP contribution in [0.25, 0.3) is 6.08 Å². The average molecular weight is 594 g/mol. The summed E-state index contributed by atoms with van der Waals surface area (Å²) in [6.45, 7) is 0.187. The van der Waals surface area contributed by atoms with Crippen LogP contribution in [0.5, 0.6) is 5.75 Å². The van der Waals surface area contributed by atoms with Crippen LogP contribution in [0.4, 0.5) is 5.69 Å². The van der Waals surface area contributed by atoms with Gasteiger partial charge in [0.2, 0.25) is 0 Å². The summed E-state index contributed by atoms with van der Waals surface area (Å²) in [6.07, 6.45) is 1.70. The van der Waals surface area contributed by atoms with Gasteiger partial charge in [-0.05, 0) is 69.7 Å². The maximum absolute atomic E-state index is 12.5. The zero-order valence-electron chi connectivity index (χ0n) is 17.1. The maximum Gasteiger partial charge on any atom is 0.264 e. The van der Waals surface area contributed by atoms with Crippen LogP contribution in [0.3, 0.4) is 0 Å². The van der Waals surface area contributed by atoms with Crippen molar-refractivity contribution < 1.29 is 9.53 Å². The molecule has 1 saturated heterocycles. The van der Waals surface area contributed by atoms with E-state index in [1.165, 1.54) is 11.8 Å². The number of nitrogens with zero attached hydrogens (tertiary/aromatic N) is 2. The minimum Gasteiger partial charge on any atom is -0.486 e. The van der Waals surface area contributed by atoms with E-state index in [1.54, 1.807) is 48.5 Å². The van der Waals surface area contributed by atoms with E-state index in [0.29, 0.717) is 52.2 Å². The zero-order valence-corrected chi connectivity index (χ0v) is 21.8. The molecule has 0 spiro atoms. The van der Waals surface area contributed by atoms with Crippen LogP contribution in [0.15, 0.2) is 69.0 Å². The first kappa shape index (κ1) is 24.6. The lowest BCUT2D eigenvalue weighted by atomic mass is 10.1. The van der Waals surface area contributed by atoms with Gasteiger partial charge in [-0.25, -0.2) is 4.99 Å². The van der Waals surface area contributed by atoms with E-state index >= 15 is 0 Å². The van der Waals surface area contributed by atoms with E-state index in [1.807, 2.05) is 12.1 Å². The van der Waals surface area contributed by atoms with Gasteiger partial charge in [0.05, 0.1) is 41.8 Å². The quantitative estimate of drug-likeness (QED) is 0.307. The van der Waals surface area contributed by atoms with E-state index in [2.05, 4.69) is 32.3 Å². The fourth-order valence-electron chi connectivity index (χ4n) is 3.03. The summed E-state index contributed by atoms with van der Waals surface area (Å²) in [4.78, 5) is 17.3. The molecule has 34 heavy (non-hydrogen) atoms. The molecule has 1 heterocycles. The number of ether oxygens (including phenoxy) is 1. The van der Waals surface area contributed by atoms with E-state index in [9.17, 15) is 10.1 Å². The van der Waals surface area contributed by atoms with Crippen LogP contribution < -0.4 is 10.1 Å².